The van der Waals surface area contributed by atoms with E-state index in [-0.39, 0.29) is 24.6 Å². The summed E-state index contributed by atoms with van der Waals surface area (Å²) in [6, 6.07) is 6.07. The number of carbonyl (C=O) groups excluding carboxylic acids is 2. The van der Waals surface area contributed by atoms with Crippen LogP contribution in [0.5, 0.6) is 0 Å². The molecule has 120 valence electrons. The lowest BCUT2D eigenvalue weighted by atomic mass is 10.2. The molecule has 0 aromatic heterocycles. The normalized spacial score (nSPS) is 12.1. The van der Waals surface area contributed by atoms with Crippen LogP contribution < -0.4 is 0 Å². The van der Waals surface area contributed by atoms with Crippen molar-refractivity contribution >= 4 is 17.6 Å². The van der Waals surface area contributed by atoms with E-state index in [1.54, 1.807) is 31.2 Å². The molecule has 0 fully saturated rings. The fraction of sp³-hybridized carbons (Fsp3) is 0.467. The number of ether oxygens (including phenoxy) is 2. The molecule has 0 saturated carbocycles. The molecule has 0 heterocycles. The minimum Gasteiger partial charge on any atom is -0.466 e. The van der Waals surface area contributed by atoms with Gasteiger partial charge in [-0.1, -0.05) is 12.1 Å². The van der Waals surface area contributed by atoms with Crippen LogP contribution in [0.15, 0.2) is 34.5 Å². The van der Waals surface area contributed by atoms with Gasteiger partial charge >= 0.3 is 11.9 Å². The zero-order valence-corrected chi connectivity index (χ0v) is 12.7. The average molecular weight is 308 g/mol. The molecule has 0 spiro atoms. The Morgan fingerprint density at radius 3 is 2.68 bits per heavy atom. The van der Waals surface area contributed by atoms with Crippen molar-refractivity contribution in [1.82, 2.24) is 0 Å². The van der Waals surface area contributed by atoms with E-state index in [2.05, 4.69) is 15.0 Å². The Kier molecular flexibility index (Phi) is 7.77. The lowest BCUT2D eigenvalue weighted by Crippen LogP contribution is -2.13. The van der Waals surface area contributed by atoms with Gasteiger partial charge in [0, 0.05) is 6.42 Å². The highest BCUT2D eigenvalue weighted by molar-refractivity contribution is 5.94. The molecule has 0 radical (unpaired) electrons. The zero-order chi connectivity index (χ0) is 16.4. The van der Waals surface area contributed by atoms with Gasteiger partial charge in [-0.3, -0.25) is 4.79 Å². The van der Waals surface area contributed by atoms with Crippen molar-refractivity contribution < 1.29 is 24.2 Å². The van der Waals surface area contributed by atoms with E-state index in [4.69, 9.17) is 4.74 Å². The van der Waals surface area contributed by atoms with E-state index in [1.807, 2.05) is 0 Å². The van der Waals surface area contributed by atoms with Crippen molar-refractivity contribution in [2.45, 2.75) is 25.8 Å². The maximum Gasteiger partial charge on any atom is 0.340 e. The molecule has 1 rings (SSSR count). The van der Waals surface area contributed by atoms with Crippen molar-refractivity contribution in [2.75, 3.05) is 20.3 Å². The first-order valence-electron chi connectivity index (χ1n) is 6.97. The number of methoxy groups -OCH3 is 1. The highest BCUT2D eigenvalue weighted by Gasteiger charge is 2.13. The largest absolute Gasteiger partial charge is 0.466 e. The number of carbonyl (C=O) groups is 2. The third-order valence-corrected chi connectivity index (χ3v) is 2.84. The van der Waals surface area contributed by atoms with Gasteiger partial charge in [0.2, 0.25) is 0 Å². The quantitative estimate of drug-likeness (QED) is 0.587. The van der Waals surface area contributed by atoms with Crippen LogP contribution in [0.3, 0.4) is 0 Å². The average Bonchev–Trinajstić information content (AvgIpc) is 2.55. The standard InChI is InChI=1S/C15H20N2O5/c1-3-22-14(19)9-8-11(10-18)16-17-13-7-5-4-6-12(13)15(20)21-2/h4-7,11,18H,3,8-10H2,1-2H3. The first kappa shape index (κ1) is 17.8. The van der Waals surface area contributed by atoms with E-state index in [1.165, 1.54) is 7.11 Å². The van der Waals surface area contributed by atoms with E-state index in [0.717, 1.165) is 0 Å². The van der Waals surface area contributed by atoms with Crippen LogP contribution in [0, 0.1) is 0 Å². The summed E-state index contributed by atoms with van der Waals surface area (Å²) in [6.07, 6.45) is 0.468. The van der Waals surface area contributed by atoms with E-state index in [9.17, 15) is 14.7 Å². The van der Waals surface area contributed by atoms with Gasteiger partial charge in [0.25, 0.3) is 0 Å². The maximum absolute atomic E-state index is 11.6. The summed E-state index contributed by atoms with van der Waals surface area (Å²) in [4.78, 5) is 22.9. The van der Waals surface area contributed by atoms with Gasteiger partial charge in [0.05, 0.1) is 37.6 Å². The molecule has 22 heavy (non-hydrogen) atoms. The number of esters is 2. The molecule has 0 saturated heterocycles. The number of hydrogen-bond donors (Lipinski definition) is 1. The van der Waals surface area contributed by atoms with Crippen LogP contribution in [0.25, 0.3) is 0 Å². The third kappa shape index (κ3) is 5.61. The minimum atomic E-state index is -0.532. The summed E-state index contributed by atoms with van der Waals surface area (Å²) in [6.45, 7) is 1.80. The lowest BCUT2D eigenvalue weighted by Gasteiger charge is -2.08. The predicted molar refractivity (Wildman–Crippen MR) is 79.0 cm³/mol. The van der Waals surface area contributed by atoms with Crippen molar-refractivity contribution in [2.24, 2.45) is 10.2 Å². The second-order valence-electron chi connectivity index (χ2n) is 4.40. The summed E-state index contributed by atoms with van der Waals surface area (Å²) in [5.74, 6) is -0.854. The van der Waals surface area contributed by atoms with Gasteiger partial charge in [-0.2, -0.15) is 10.2 Å². The van der Waals surface area contributed by atoms with Gasteiger partial charge < -0.3 is 14.6 Å². The Hall–Kier alpha value is -2.28. The maximum atomic E-state index is 11.6. The molecule has 0 bridgehead atoms. The second-order valence-corrected chi connectivity index (χ2v) is 4.40. The summed E-state index contributed by atoms with van der Waals surface area (Å²) < 4.78 is 9.48. The molecule has 1 N–H and O–H groups in total. The number of rotatable bonds is 8. The van der Waals surface area contributed by atoms with Crippen molar-refractivity contribution in [1.29, 1.82) is 0 Å². The van der Waals surface area contributed by atoms with Crippen molar-refractivity contribution in [3.05, 3.63) is 29.8 Å². The molecule has 0 aliphatic carbocycles. The number of benzene rings is 1. The van der Waals surface area contributed by atoms with E-state index in [0.29, 0.717) is 18.7 Å². The van der Waals surface area contributed by atoms with Gasteiger partial charge in [-0.05, 0) is 25.5 Å². The topological polar surface area (TPSA) is 97.5 Å². The molecule has 7 nitrogen and oxygen atoms in total. The summed E-state index contributed by atoms with van der Waals surface area (Å²) in [5, 5.41) is 17.2. The Balaban J connectivity index is 2.72. The van der Waals surface area contributed by atoms with Crippen molar-refractivity contribution in [3.63, 3.8) is 0 Å². The summed E-state index contributed by atoms with van der Waals surface area (Å²) in [5.41, 5.74) is 0.639. The van der Waals surface area contributed by atoms with Crippen LogP contribution in [0.1, 0.15) is 30.1 Å². The molecule has 1 unspecified atom stereocenters. The Labute approximate surface area is 129 Å². The lowest BCUT2D eigenvalue weighted by molar-refractivity contribution is -0.143. The van der Waals surface area contributed by atoms with E-state index >= 15 is 0 Å². The second kappa shape index (κ2) is 9.62. The first-order valence-corrected chi connectivity index (χ1v) is 6.97. The molecule has 0 aliphatic heterocycles. The number of hydrogen-bond acceptors (Lipinski definition) is 7. The van der Waals surface area contributed by atoms with Crippen LogP contribution in [0.4, 0.5) is 5.69 Å². The predicted octanol–water partition coefficient (Wildman–Crippen LogP) is 2.26. The van der Waals surface area contributed by atoms with Crippen LogP contribution in [-0.2, 0) is 14.3 Å². The number of nitrogens with zero attached hydrogens (tertiary/aromatic N) is 2. The molecule has 0 aliphatic rings. The molecular weight excluding hydrogens is 288 g/mol. The SMILES string of the molecule is CCOC(=O)CCC(CO)N=Nc1ccccc1C(=O)OC. The Morgan fingerprint density at radius 2 is 2.05 bits per heavy atom. The highest BCUT2D eigenvalue weighted by Crippen LogP contribution is 2.20. The number of aliphatic hydroxyl groups excluding tert-OH is 1. The number of aliphatic hydroxyl groups is 1. The molecule has 0 amide bonds. The molecule has 1 aromatic rings. The number of azo groups is 1. The zero-order valence-electron chi connectivity index (χ0n) is 12.7. The third-order valence-electron chi connectivity index (χ3n) is 2.84. The fourth-order valence-corrected chi connectivity index (χ4v) is 1.69. The Morgan fingerprint density at radius 1 is 1.32 bits per heavy atom. The fourth-order valence-electron chi connectivity index (χ4n) is 1.69. The van der Waals surface area contributed by atoms with Crippen LogP contribution >= 0.6 is 0 Å². The van der Waals surface area contributed by atoms with Gasteiger partial charge in [-0.15, -0.1) is 0 Å². The Bertz CT molecular complexity index is 530. The summed E-state index contributed by atoms with van der Waals surface area (Å²) >= 11 is 0. The monoisotopic (exact) mass is 308 g/mol. The molecule has 1 atom stereocenters. The summed E-state index contributed by atoms with van der Waals surface area (Å²) in [7, 11) is 1.28. The van der Waals surface area contributed by atoms with Crippen LogP contribution in [-0.4, -0.2) is 43.4 Å². The molecular formula is C15H20N2O5. The van der Waals surface area contributed by atoms with Gasteiger partial charge in [0.15, 0.2) is 0 Å². The van der Waals surface area contributed by atoms with Crippen molar-refractivity contribution in [3.8, 4) is 0 Å². The molecule has 1 aromatic carbocycles. The molecule has 7 heteroatoms. The van der Waals surface area contributed by atoms with Gasteiger partial charge in [0.1, 0.15) is 0 Å². The van der Waals surface area contributed by atoms with E-state index < -0.39 is 12.0 Å². The minimum absolute atomic E-state index is 0.150. The highest BCUT2D eigenvalue weighted by atomic mass is 16.5. The smallest absolute Gasteiger partial charge is 0.340 e. The van der Waals surface area contributed by atoms with Crippen LogP contribution in [0.2, 0.25) is 0 Å². The first-order chi connectivity index (χ1) is 10.6. The van der Waals surface area contributed by atoms with Gasteiger partial charge in [-0.25, -0.2) is 4.79 Å².